The van der Waals surface area contributed by atoms with E-state index in [4.69, 9.17) is 4.74 Å². The number of aryl methyl sites for hydroxylation is 2. The summed E-state index contributed by atoms with van der Waals surface area (Å²) in [5.74, 6) is 0. The maximum atomic E-state index is 12.5. The Balaban J connectivity index is 1.71. The zero-order chi connectivity index (χ0) is 16.4. The fraction of sp³-hybridized carbons (Fsp3) is 0.400. The van der Waals surface area contributed by atoms with Crippen LogP contribution >= 0.6 is 0 Å². The number of aromatic nitrogens is 3. The minimum absolute atomic E-state index is 0.198. The molecule has 1 fully saturated rings. The first-order chi connectivity index (χ1) is 10.9. The third kappa shape index (κ3) is 3.48. The zero-order valence-electron chi connectivity index (χ0n) is 13.0. The molecule has 0 amide bonds. The number of nitrogens with zero attached hydrogens (tertiary/aromatic N) is 4. The van der Waals surface area contributed by atoms with Crippen molar-refractivity contribution in [1.29, 1.82) is 0 Å². The third-order valence-electron chi connectivity index (χ3n) is 3.61. The van der Waals surface area contributed by atoms with E-state index in [1.54, 1.807) is 18.3 Å². The highest BCUT2D eigenvalue weighted by Gasteiger charge is 2.34. The summed E-state index contributed by atoms with van der Waals surface area (Å²) < 4.78 is 32.2. The molecule has 0 aliphatic carbocycles. The molecule has 3 rings (SSSR count). The summed E-state index contributed by atoms with van der Waals surface area (Å²) in [4.78, 5) is 12.5. The number of pyridine rings is 1. The van der Waals surface area contributed by atoms with Crippen LogP contribution in [0.3, 0.4) is 0 Å². The normalized spacial score (nSPS) is 19.0. The first-order valence-corrected chi connectivity index (χ1v) is 8.78. The van der Waals surface area contributed by atoms with E-state index in [2.05, 4.69) is 15.0 Å². The Morgan fingerprint density at radius 2 is 2.00 bits per heavy atom. The topological polar surface area (TPSA) is 85.3 Å². The van der Waals surface area contributed by atoms with E-state index >= 15 is 0 Å². The second-order valence-corrected chi connectivity index (χ2v) is 7.45. The average molecular weight is 334 g/mol. The number of hydrogen-bond donors (Lipinski definition) is 0. The first-order valence-electron chi connectivity index (χ1n) is 7.34. The summed E-state index contributed by atoms with van der Waals surface area (Å²) in [6.07, 6.45) is 3.27. The fourth-order valence-electron chi connectivity index (χ4n) is 2.56. The van der Waals surface area contributed by atoms with Gasteiger partial charge in [-0.05, 0) is 38.5 Å². The van der Waals surface area contributed by atoms with Crippen LogP contribution < -0.4 is 4.74 Å². The summed E-state index contributed by atoms with van der Waals surface area (Å²) in [6, 6.07) is 5.32. The van der Waals surface area contributed by atoms with Crippen LogP contribution in [0.25, 0.3) is 0 Å². The summed E-state index contributed by atoms with van der Waals surface area (Å²) in [6.45, 7) is 4.44. The molecule has 1 saturated heterocycles. The average Bonchev–Trinajstić information content (AvgIpc) is 2.96. The molecule has 8 heteroatoms. The highest BCUT2D eigenvalue weighted by molar-refractivity contribution is 7.89. The Morgan fingerprint density at radius 3 is 2.65 bits per heavy atom. The number of rotatable bonds is 4. The first kappa shape index (κ1) is 15.8. The lowest BCUT2D eigenvalue weighted by molar-refractivity contribution is 0.197. The van der Waals surface area contributed by atoms with E-state index in [0.29, 0.717) is 19.0 Å². The number of hydrogen-bond acceptors (Lipinski definition) is 6. The monoisotopic (exact) mass is 334 g/mol. The Labute approximate surface area is 135 Å². The van der Waals surface area contributed by atoms with Crippen molar-refractivity contribution in [2.75, 3.05) is 13.1 Å². The zero-order valence-corrected chi connectivity index (χ0v) is 13.8. The Kier molecular flexibility index (Phi) is 4.27. The Hall–Kier alpha value is -2.06. The van der Waals surface area contributed by atoms with Crippen molar-refractivity contribution < 1.29 is 13.2 Å². The Morgan fingerprint density at radius 1 is 1.26 bits per heavy atom. The lowest BCUT2D eigenvalue weighted by atomic mass is 10.3. The standard InChI is InChI=1S/C15H18N4O3S/c1-11-8-12(2)18-15(17-11)22-13-5-7-19(10-13)23(20,21)14-4-3-6-16-9-14/h3-4,6,8-9,13H,5,7,10H2,1-2H3/t13-/m1/s1. The van der Waals surface area contributed by atoms with Crippen molar-refractivity contribution in [3.05, 3.63) is 42.0 Å². The molecule has 0 aromatic carbocycles. The van der Waals surface area contributed by atoms with Gasteiger partial charge in [0.25, 0.3) is 0 Å². The molecule has 7 nitrogen and oxygen atoms in total. The fourth-order valence-corrected chi connectivity index (χ4v) is 4.01. The summed E-state index contributed by atoms with van der Waals surface area (Å²) in [7, 11) is -3.53. The van der Waals surface area contributed by atoms with Gasteiger partial charge in [0, 0.05) is 30.3 Å². The lowest BCUT2D eigenvalue weighted by Crippen LogP contribution is -2.31. The second-order valence-electron chi connectivity index (χ2n) is 5.51. The van der Waals surface area contributed by atoms with Gasteiger partial charge in [-0.25, -0.2) is 18.4 Å². The van der Waals surface area contributed by atoms with Gasteiger partial charge in [0.2, 0.25) is 10.0 Å². The predicted octanol–water partition coefficient (Wildman–Crippen LogP) is 1.33. The maximum Gasteiger partial charge on any atom is 0.317 e. The predicted molar refractivity (Wildman–Crippen MR) is 83.5 cm³/mol. The van der Waals surface area contributed by atoms with Gasteiger partial charge in [0.15, 0.2) is 0 Å². The molecular formula is C15H18N4O3S. The minimum Gasteiger partial charge on any atom is -0.459 e. The molecule has 2 aromatic rings. The number of sulfonamides is 1. The third-order valence-corrected chi connectivity index (χ3v) is 5.46. The van der Waals surface area contributed by atoms with E-state index in [0.717, 1.165) is 11.4 Å². The molecule has 0 bridgehead atoms. The summed E-state index contributed by atoms with van der Waals surface area (Å²) in [5, 5.41) is 0. The number of ether oxygens (including phenoxy) is 1. The molecule has 1 aliphatic heterocycles. The largest absolute Gasteiger partial charge is 0.459 e. The van der Waals surface area contributed by atoms with Crippen molar-refractivity contribution >= 4 is 10.0 Å². The summed E-state index contributed by atoms with van der Waals surface area (Å²) >= 11 is 0. The van der Waals surface area contributed by atoms with Crippen molar-refractivity contribution in [2.45, 2.75) is 31.3 Å². The van der Waals surface area contributed by atoms with Crippen molar-refractivity contribution in [3.63, 3.8) is 0 Å². The van der Waals surface area contributed by atoms with Crippen LogP contribution in [-0.4, -0.2) is 46.9 Å². The molecule has 0 spiro atoms. The van der Waals surface area contributed by atoms with Gasteiger partial charge in [-0.3, -0.25) is 4.98 Å². The van der Waals surface area contributed by atoms with Gasteiger partial charge >= 0.3 is 6.01 Å². The molecule has 2 aromatic heterocycles. The molecule has 0 N–H and O–H groups in total. The minimum atomic E-state index is -3.53. The van der Waals surface area contributed by atoms with Gasteiger partial charge in [-0.15, -0.1) is 0 Å². The van der Waals surface area contributed by atoms with Crippen molar-refractivity contribution in [3.8, 4) is 6.01 Å². The smallest absolute Gasteiger partial charge is 0.317 e. The van der Waals surface area contributed by atoms with E-state index in [-0.39, 0.29) is 17.5 Å². The van der Waals surface area contributed by atoms with Crippen LogP contribution in [0.1, 0.15) is 17.8 Å². The Bertz CT molecular complexity index is 775. The molecule has 122 valence electrons. The highest BCUT2D eigenvalue weighted by Crippen LogP contribution is 2.22. The molecule has 0 saturated carbocycles. The molecular weight excluding hydrogens is 316 g/mol. The van der Waals surface area contributed by atoms with Crippen LogP contribution in [-0.2, 0) is 10.0 Å². The molecule has 0 unspecified atom stereocenters. The SMILES string of the molecule is Cc1cc(C)nc(O[C@@H]2CCN(S(=O)(=O)c3cccnc3)C2)n1. The molecule has 3 heterocycles. The van der Waals surface area contributed by atoms with Gasteiger partial charge in [-0.1, -0.05) is 0 Å². The van der Waals surface area contributed by atoms with Gasteiger partial charge in [0.05, 0.1) is 6.54 Å². The van der Waals surface area contributed by atoms with Crippen molar-refractivity contribution in [1.82, 2.24) is 19.3 Å². The quantitative estimate of drug-likeness (QED) is 0.838. The van der Waals surface area contributed by atoms with E-state index in [1.807, 2.05) is 19.9 Å². The van der Waals surface area contributed by atoms with Gasteiger partial charge in [-0.2, -0.15) is 4.31 Å². The van der Waals surface area contributed by atoms with Crippen LogP contribution in [0.15, 0.2) is 35.5 Å². The second kappa shape index (κ2) is 6.21. The van der Waals surface area contributed by atoms with Gasteiger partial charge in [0.1, 0.15) is 11.0 Å². The van der Waals surface area contributed by atoms with E-state index < -0.39 is 10.0 Å². The van der Waals surface area contributed by atoms with Gasteiger partial charge < -0.3 is 4.74 Å². The van der Waals surface area contributed by atoms with Crippen LogP contribution in [0.5, 0.6) is 6.01 Å². The van der Waals surface area contributed by atoms with Crippen molar-refractivity contribution in [2.24, 2.45) is 0 Å². The maximum absolute atomic E-state index is 12.5. The molecule has 0 radical (unpaired) electrons. The van der Waals surface area contributed by atoms with Crippen LogP contribution in [0, 0.1) is 13.8 Å². The van der Waals surface area contributed by atoms with Crippen LogP contribution in [0.4, 0.5) is 0 Å². The molecule has 1 atom stereocenters. The van der Waals surface area contributed by atoms with E-state index in [1.165, 1.54) is 10.5 Å². The lowest BCUT2D eigenvalue weighted by Gasteiger charge is -2.16. The molecule has 23 heavy (non-hydrogen) atoms. The van der Waals surface area contributed by atoms with Crippen LogP contribution in [0.2, 0.25) is 0 Å². The highest BCUT2D eigenvalue weighted by atomic mass is 32.2. The van der Waals surface area contributed by atoms with E-state index in [9.17, 15) is 8.42 Å². The summed E-state index contributed by atoms with van der Waals surface area (Å²) in [5.41, 5.74) is 1.65. The molecule has 1 aliphatic rings.